The van der Waals surface area contributed by atoms with E-state index >= 15 is 0 Å². The molecule has 10 heavy (non-hydrogen) atoms. The lowest BCUT2D eigenvalue weighted by molar-refractivity contribution is 1.36. The first-order valence-corrected chi connectivity index (χ1v) is 3.97. The van der Waals surface area contributed by atoms with Crippen molar-refractivity contribution in [3.63, 3.8) is 0 Å². The molecule has 0 aromatic carbocycles. The van der Waals surface area contributed by atoms with Crippen molar-refractivity contribution in [3.8, 4) is 0 Å². The lowest BCUT2D eigenvalue weighted by Crippen LogP contribution is -1.96. The van der Waals surface area contributed by atoms with E-state index in [1.54, 1.807) is 6.08 Å². The highest BCUT2D eigenvalue weighted by Crippen LogP contribution is 2.02. The van der Waals surface area contributed by atoms with Crippen LogP contribution in [0.15, 0.2) is 22.5 Å². The van der Waals surface area contributed by atoms with Gasteiger partial charge in [0.25, 0.3) is 0 Å². The second-order valence-corrected chi connectivity index (χ2v) is 2.65. The van der Waals surface area contributed by atoms with E-state index in [2.05, 4.69) is 15.9 Å². The molecule has 0 saturated heterocycles. The fourth-order valence-corrected chi connectivity index (χ4v) is 0.542. The zero-order valence-electron chi connectivity index (χ0n) is 6.69. The molecule has 0 bridgehead atoms. The minimum Gasteiger partial charge on any atom is -0.403 e. The molecule has 0 fully saturated rings. The van der Waals surface area contributed by atoms with E-state index in [0.717, 1.165) is 4.48 Å². The first-order chi connectivity index (χ1) is 4.66. The zero-order chi connectivity index (χ0) is 8.57. The summed E-state index contributed by atoms with van der Waals surface area (Å²) in [6.45, 7) is 5.89. The average molecular weight is 207 g/mol. The van der Waals surface area contributed by atoms with Gasteiger partial charge < -0.3 is 11.5 Å². The molecule has 2 nitrogen and oxygen atoms in total. The van der Waals surface area contributed by atoms with Crippen molar-refractivity contribution in [1.82, 2.24) is 0 Å². The second kappa shape index (κ2) is 8.56. The molecule has 0 spiro atoms. The molecular formula is C7H15BrN2. The molecule has 0 aromatic heterocycles. The van der Waals surface area contributed by atoms with Crippen molar-refractivity contribution in [2.75, 3.05) is 0 Å². The third-order valence-electron chi connectivity index (χ3n) is 0.558. The van der Waals surface area contributed by atoms with Crippen LogP contribution in [0.1, 0.15) is 20.8 Å². The van der Waals surface area contributed by atoms with E-state index in [-0.39, 0.29) is 0 Å². The predicted octanol–water partition coefficient (Wildman–Crippen LogP) is 2.07. The summed E-state index contributed by atoms with van der Waals surface area (Å²) in [5, 5.41) is 0. The Morgan fingerprint density at radius 1 is 1.40 bits per heavy atom. The quantitative estimate of drug-likeness (QED) is 0.646. The summed E-state index contributed by atoms with van der Waals surface area (Å²) in [6, 6.07) is 0. The van der Waals surface area contributed by atoms with Gasteiger partial charge in [0.15, 0.2) is 0 Å². The Labute approximate surface area is 71.1 Å². The summed E-state index contributed by atoms with van der Waals surface area (Å²) in [6.07, 6.45) is 3.09. The van der Waals surface area contributed by atoms with Crippen molar-refractivity contribution >= 4 is 15.9 Å². The van der Waals surface area contributed by atoms with Crippen LogP contribution in [0.3, 0.4) is 0 Å². The minimum atomic E-state index is 0.569. The van der Waals surface area contributed by atoms with E-state index in [1.165, 1.54) is 6.20 Å². The fourth-order valence-electron chi connectivity index (χ4n) is 0.278. The van der Waals surface area contributed by atoms with E-state index < -0.39 is 0 Å². The van der Waals surface area contributed by atoms with Crippen molar-refractivity contribution in [3.05, 3.63) is 22.5 Å². The molecule has 0 unspecified atom stereocenters. The van der Waals surface area contributed by atoms with Crippen LogP contribution in [-0.4, -0.2) is 0 Å². The van der Waals surface area contributed by atoms with Crippen molar-refractivity contribution in [2.24, 2.45) is 11.5 Å². The van der Waals surface area contributed by atoms with Crippen LogP contribution >= 0.6 is 15.9 Å². The molecule has 3 heteroatoms. The summed E-state index contributed by atoms with van der Waals surface area (Å²) in [5.41, 5.74) is 10.9. The highest BCUT2D eigenvalue weighted by atomic mass is 79.9. The SMILES string of the molecule is C/C(Br)=C\C(N)=C\N.CC. The van der Waals surface area contributed by atoms with Gasteiger partial charge in [0.1, 0.15) is 0 Å². The molecule has 0 saturated carbocycles. The highest BCUT2D eigenvalue weighted by Gasteiger charge is 1.79. The van der Waals surface area contributed by atoms with Crippen LogP contribution in [0.5, 0.6) is 0 Å². The molecular weight excluding hydrogens is 192 g/mol. The van der Waals surface area contributed by atoms with Crippen molar-refractivity contribution in [1.29, 1.82) is 0 Å². The first kappa shape index (κ1) is 12.3. The number of nitrogens with two attached hydrogens (primary N) is 2. The highest BCUT2D eigenvalue weighted by molar-refractivity contribution is 9.11. The van der Waals surface area contributed by atoms with Gasteiger partial charge >= 0.3 is 0 Å². The Bertz CT molecular complexity index is 124. The van der Waals surface area contributed by atoms with Gasteiger partial charge in [0, 0.05) is 11.9 Å². The predicted molar refractivity (Wildman–Crippen MR) is 50.5 cm³/mol. The zero-order valence-corrected chi connectivity index (χ0v) is 8.27. The number of halogens is 1. The van der Waals surface area contributed by atoms with Crippen molar-refractivity contribution in [2.45, 2.75) is 20.8 Å². The van der Waals surface area contributed by atoms with E-state index in [0.29, 0.717) is 5.70 Å². The first-order valence-electron chi connectivity index (χ1n) is 3.18. The van der Waals surface area contributed by atoms with Gasteiger partial charge in [-0.25, -0.2) is 0 Å². The Balaban J connectivity index is 0. The van der Waals surface area contributed by atoms with Gasteiger partial charge in [0.05, 0.1) is 0 Å². The van der Waals surface area contributed by atoms with Gasteiger partial charge in [-0.15, -0.1) is 0 Å². The Hall–Kier alpha value is -0.440. The molecule has 0 amide bonds. The molecule has 0 aliphatic carbocycles. The summed E-state index contributed by atoms with van der Waals surface area (Å²) >= 11 is 3.20. The number of rotatable bonds is 1. The largest absolute Gasteiger partial charge is 0.403 e. The lowest BCUT2D eigenvalue weighted by Gasteiger charge is -1.87. The molecule has 0 heterocycles. The number of hydrogen-bond donors (Lipinski definition) is 2. The Kier molecular flexibility index (Phi) is 10.5. The summed E-state index contributed by atoms with van der Waals surface area (Å²) in [7, 11) is 0. The molecule has 0 aliphatic heterocycles. The topological polar surface area (TPSA) is 52.0 Å². The van der Waals surface area contributed by atoms with Crippen LogP contribution < -0.4 is 11.5 Å². The van der Waals surface area contributed by atoms with Crippen LogP contribution in [-0.2, 0) is 0 Å². The monoisotopic (exact) mass is 206 g/mol. The number of allylic oxidation sites excluding steroid dienone is 2. The lowest BCUT2D eigenvalue weighted by atomic mass is 10.4. The van der Waals surface area contributed by atoms with Crippen LogP contribution in [0.25, 0.3) is 0 Å². The summed E-state index contributed by atoms with van der Waals surface area (Å²) < 4.78 is 0.969. The maximum atomic E-state index is 5.30. The smallest absolute Gasteiger partial charge is 0.0479 e. The van der Waals surface area contributed by atoms with Gasteiger partial charge in [0.2, 0.25) is 0 Å². The van der Waals surface area contributed by atoms with E-state index in [9.17, 15) is 0 Å². The third-order valence-corrected chi connectivity index (χ3v) is 0.787. The van der Waals surface area contributed by atoms with Crippen molar-refractivity contribution < 1.29 is 0 Å². The van der Waals surface area contributed by atoms with E-state index in [4.69, 9.17) is 11.5 Å². The molecule has 0 radical (unpaired) electrons. The maximum absolute atomic E-state index is 5.30. The molecule has 0 rings (SSSR count). The molecule has 0 aromatic rings. The fraction of sp³-hybridized carbons (Fsp3) is 0.429. The van der Waals surface area contributed by atoms with Gasteiger partial charge in [-0.3, -0.25) is 0 Å². The summed E-state index contributed by atoms with van der Waals surface area (Å²) in [4.78, 5) is 0. The molecule has 0 aliphatic rings. The number of hydrogen-bond acceptors (Lipinski definition) is 2. The van der Waals surface area contributed by atoms with E-state index in [1.807, 2.05) is 20.8 Å². The van der Waals surface area contributed by atoms with Gasteiger partial charge in [-0.2, -0.15) is 0 Å². The second-order valence-electron chi connectivity index (χ2n) is 1.40. The van der Waals surface area contributed by atoms with Crippen LogP contribution in [0, 0.1) is 0 Å². The van der Waals surface area contributed by atoms with Gasteiger partial charge in [-0.1, -0.05) is 29.8 Å². The molecule has 4 N–H and O–H groups in total. The minimum absolute atomic E-state index is 0.569. The van der Waals surface area contributed by atoms with Gasteiger partial charge in [-0.05, 0) is 17.5 Å². The summed E-state index contributed by atoms with van der Waals surface area (Å²) in [5.74, 6) is 0. The maximum Gasteiger partial charge on any atom is 0.0479 e. The third kappa shape index (κ3) is 10.5. The average Bonchev–Trinajstić information content (AvgIpc) is 1.91. The van der Waals surface area contributed by atoms with Crippen LogP contribution in [0.4, 0.5) is 0 Å². The Morgan fingerprint density at radius 2 is 1.80 bits per heavy atom. The molecule has 0 atom stereocenters. The van der Waals surface area contributed by atoms with Crippen LogP contribution in [0.2, 0.25) is 0 Å². The normalized spacial score (nSPS) is 12.0. The molecule has 60 valence electrons. The Morgan fingerprint density at radius 3 is 1.90 bits per heavy atom. The standard InChI is InChI=1S/C5H9BrN2.C2H6/c1-4(6)2-5(8)3-7;1-2/h2-3H,7-8H2,1H3;1-2H3/b4-2+,5-3-;.